The molecular formula is C34H29ClN2O5S. The summed E-state index contributed by atoms with van der Waals surface area (Å²) in [4.78, 5) is 12.9. The highest BCUT2D eigenvalue weighted by molar-refractivity contribution is 7.92. The number of halogens is 1. The van der Waals surface area contributed by atoms with E-state index >= 15 is 0 Å². The van der Waals surface area contributed by atoms with Gasteiger partial charge in [0.25, 0.3) is 15.9 Å². The third kappa shape index (κ3) is 7.74. The van der Waals surface area contributed by atoms with Crippen LogP contribution in [0.25, 0.3) is 0 Å². The van der Waals surface area contributed by atoms with Gasteiger partial charge in [-0.05, 0) is 85.3 Å². The van der Waals surface area contributed by atoms with Crippen LogP contribution in [0, 0.1) is 6.92 Å². The first-order chi connectivity index (χ1) is 20.8. The van der Waals surface area contributed by atoms with Gasteiger partial charge in [-0.2, -0.15) is 0 Å². The van der Waals surface area contributed by atoms with E-state index in [-0.39, 0.29) is 24.0 Å². The molecule has 0 saturated carbocycles. The minimum Gasteiger partial charge on any atom is -0.484 e. The minimum absolute atomic E-state index is 0.0977. The molecule has 5 rings (SSSR count). The van der Waals surface area contributed by atoms with Crippen LogP contribution in [0.4, 0.5) is 11.4 Å². The van der Waals surface area contributed by atoms with Crippen molar-refractivity contribution in [1.29, 1.82) is 0 Å². The number of nitrogens with one attached hydrogen (secondary N) is 1. The highest BCUT2D eigenvalue weighted by atomic mass is 35.5. The van der Waals surface area contributed by atoms with Crippen LogP contribution in [0.1, 0.15) is 11.1 Å². The Labute approximate surface area is 256 Å². The summed E-state index contributed by atoms with van der Waals surface area (Å²) in [6, 6.07) is 36.7. The van der Waals surface area contributed by atoms with Crippen LogP contribution in [0.2, 0.25) is 5.02 Å². The zero-order chi connectivity index (χ0) is 30.2. The van der Waals surface area contributed by atoms with E-state index in [1.165, 1.54) is 4.31 Å². The molecule has 0 saturated heterocycles. The van der Waals surface area contributed by atoms with E-state index in [4.69, 9.17) is 21.1 Å². The number of para-hydroxylation sites is 3. The third-order valence-electron chi connectivity index (χ3n) is 6.48. The fourth-order valence-electron chi connectivity index (χ4n) is 4.23. The van der Waals surface area contributed by atoms with Gasteiger partial charge in [-0.1, -0.05) is 71.8 Å². The SMILES string of the molecule is Cc1ccc(S(=O)(=O)N(Cc2ccc(Cl)cc2)c2ccc(OCC(=O)Nc3ccccc3Oc3ccccc3)cc2)cc1. The van der Waals surface area contributed by atoms with E-state index in [0.717, 1.165) is 11.1 Å². The average Bonchev–Trinajstić information content (AvgIpc) is 3.02. The van der Waals surface area contributed by atoms with Gasteiger partial charge in [-0.25, -0.2) is 8.42 Å². The lowest BCUT2D eigenvalue weighted by atomic mass is 10.2. The van der Waals surface area contributed by atoms with Crippen molar-refractivity contribution in [2.75, 3.05) is 16.2 Å². The van der Waals surface area contributed by atoms with Crippen molar-refractivity contribution in [2.24, 2.45) is 0 Å². The molecular weight excluding hydrogens is 584 g/mol. The molecule has 0 spiro atoms. The maximum absolute atomic E-state index is 13.7. The van der Waals surface area contributed by atoms with Gasteiger partial charge in [0.15, 0.2) is 12.4 Å². The van der Waals surface area contributed by atoms with E-state index in [1.54, 1.807) is 91.0 Å². The lowest BCUT2D eigenvalue weighted by Gasteiger charge is -2.25. The summed E-state index contributed by atoms with van der Waals surface area (Å²) in [6.07, 6.45) is 0. The van der Waals surface area contributed by atoms with Crippen molar-refractivity contribution in [3.05, 3.63) is 144 Å². The maximum Gasteiger partial charge on any atom is 0.264 e. The molecule has 7 nitrogen and oxygen atoms in total. The molecule has 0 fully saturated rings. The van der Waals surface area contributed by atoms with E-state index in [9.17, 15) is 13.2 Å². The van der Waals surface area contributed by atoms with Gasteiger partial charge in [0.05, 0.1) is 22.8 Å². The smallest absolute Gasteiger partial charge is 0.264 e. The van der Waals surface area contributed by atoms with Crippen molar-refractivity contribution in [1.82, 2.24) is 0 Å². The Morgan fingerprint density at radius 1 is 0.767 bits per heavy atom. The number of benzene rings is 5. The molecule has 0 unspecified atom stereocenters. The third-order valence-corrected chi connectivity index (χ3v) is 8.52. The number of ether oxygens (including phenoxy) is 2. The average molecular weight is 613 g/mol. The summed E-state index contributed by atoms with van der Waals surface area (Å²) in [5.74, 6) is 1.18. The standard InChI is InChI=1S/C34H29ClN2O5S/c1-25-11-21-31(22-12-25)43(39,40)37(23-26-13-15-27(35)16-14-26)28-17-19-29(20-18-28)41-24-34(38)36-32-9-5-6-10-33(32)42-30-7-3-2-4-8-30/h2-22H,23-24H2,1H3,(H,36,38). The molecule has 5 aromatic rings. The number of amides is 1. The van der Waals surface area contributed by atoms with Crippen molar-refractivity contribution in [2.45, 2.75) is 18.4 Å². The van der Waals surface area contributed by atoms with Crippen LogP contribution in [0.5, 0.6) is 17.2 Å². The fourth-order valence-corrected chi connectivity index (χ4v) is 5.81. The van der Waals surface area contributed by atoms with Gasteiger partial charge >= 0.3 is 0 Å². The van der Waals surface area contributed by atoms with Gasteiger partial charge < -0.3 is 14.8 Å². The quantitative estimate of drug-likeness (QED) is 0.164. The zero-order valence-corrected chi connectivity index (χ0v) is 24.9. The van der Waals surface area contributed by atoms with Crippen molar-refractivity contribution in [3.8, 4) is 17.2 Å². The maximum atomic E-state index is 13.7. The van der Waals surface area contributed by atoms with Crippen LogP contribution in [0.3, 0.4) is 0 Å². The van der Waals surface area contributed by atoms with Crippen molar-refractivity contribution >= 4 is 38.9 Å². The number of nitrogens with zero attached hydrogens (tertiary/aromatic N) is 1. The molecule has 9 heteroatoms. The number of carbonyl (C=O) groups excluding carboxylic acids is 1. The highest BCUT2D eigenvalue weighted by Crippen LogP contribution is 2.30. The number of aryl methyl sites for hydroxylation is 1. The number of rotatable bonds is 11. The van der Waals surface area contributed by atoms with E-state index in [1.807, 2.05) is 43.3 Å². The number of anilines is 2. The predicted molar refractivity (Wildman–Crippen MR) is 170 cm³/mol. The fraction of sp³-hybridized carbons (Fsp3) is 0.0882. The van der Waals surface area contributed by atoms with E-state index in [2.05, 4.69) is 5.32 Å². The molecule has 0 aliphatic heterocycles. The molecule has 0 atom stereocenters. The number of sulfonamides is 1. The molecule has 43 heavy (non-hydrogen) atoms. The molecule has 0 heterocycles. The number of carbonyl (C=O) groups is 1. The van der Waals surface area contributed by atoms with E-state index < -0.39 is 10.0 Å². The first-order valence-electron chi connectivity index (χ1n) is 13.5. The summed E-state index contributed by atoms with van der Waals surface area (Å²) in [7, 11) is -3.90. The Bertz CT molecular complexity index is 1780. The summed E-state index contributed by atoms with van der Waals surface area (Å²) >= 11 is 6.04. The second-order valence-corrected chi connectivity index (χ2v) is 12.0. The molecule has 218 valence electrons. The van der Waals surface area contributed by atoms with Crippen LogP contribution in [0.15, 0.2) is 132 Å². The molecule has 0 aromatic heterocycles. The molecule has 0 bridgehead atoms. The second kappa shape index (κ2) is 13.5. The molecule has 1 N–H and O–H groups in total. The Kier molecular flexibility index (Phi) is 9.29. The zero-order valence-electron chi connectivity index (χ0n) is 23.3. The largest absolute Gasteiger partial charge is 0.484 e. The van der Waals surface area contributed by atoms with Gasteiger partial charge in [0, 0.05) is 5.02 Å². The predicted octanol–water partition coefficient (Wildman–Crippen LogP) is 7.85. The highest BCUT2D eigenvalue weighted by Gasteiger charge is 2.25. The van der Waals surface area contributed by atoms with Gasteiger partial charge in [0.1, 0.15) is 11.5 Å². The van der Waals surface area contributed by atoms with Gasteiger partial charge in [-0.3, -0.25) is 9.10 Å². The second-order valence-electron chi connectivity index (χ2n) is 9.69. The molecule has 0 aliphatic rings. The molecule has 0 radical (unpaired) electrons. The summed E-state index contributed by atoms with van der Waals surface area (Å²) in [5.41, 5.74) is 2.68. The number of hydrogen-bond acceptors (Lipinski definition) is 5. The summed E-state index contributed by atoms with van der Waals surface area (Å²) in [6.45, 7) is 1.74. The Morgan fingerprint density at radius 3 is 2.12 bits per heavy atom. The molecule has 0 aliphatic carbocycles. The van der Waals surface area contributed by atoms with Crippen LogP contribution in [-0.2, 0) is 21.4 Å². The number of hydrogen-bond donors (Lipinski definition) is 1. The normalized spacial score (nSPS) is 11.0. The Hall–Kier alpha value is -4.79. The lowest BCUT2D eigenvalue weighted by Crippen LogP contribution is -2.30. The molecule has 5 aromatic carbocycles. The van der Waals surface area contributed by atoms with Gasteiger partial charge in [0.2, 0.25) is 0 Å². The topological polar surface area (TPSA) is 84.9 Å². The van der Waals surface area contributed by atoms with Crippen molar-refractivity contribution in [3.63, 3.8) is 0 Å². The first kappa shape index (κ1) is 29.7. The molecule has 1 amide bonds. The van der Waals surface area contributed by atoms with Crippen LogP contribution >= 0.6 is 11.6 Å². The van der Waals surface area contributed by atoms with E-state index in [0.29, 0.717) is 33.6 Å². The summed E-state index contributed by atoms with van der Waals surface area (Å²) < 4.78 is 40.4. The minimum atomic E-state index is -3.90. The Balaban J connectivity index is 1.29. The monoisotopic (exact) mass is 612 g/mol. The van der Waals surface area contributed by atoms with Gasteiger partial charge in [-0.15, -0.1) is 0 Å². The first-order valence-corrected chi connectivity index (χ1v) is 15.3. The van der Waals surface area contributed by atoms with Crippen LogP contribution in [-0.4, -0.2) is 20.9 Å². The van der Waals surface area contributed by atoms with Crippen LogP contribution < -0.4 is 19.1 Å². The Morgan fingerprint density at radius 2 is 1.42 bits per heavy atom. The summed E-state index contributed by atoms with van der Waals surface area (Å²) in [5, 5.41) is 3.38. The lowest BCUT2D eigenvalue weighted by molar-refractivity contribution is -0.118. The van der Waals surface area contributed by atoms with Crippen molar-refractivity contribution < 1.29 is 22.7 Å².